The van der Waals surface area contributed by atoms with Crippen LogP contribution in [0.1, 0.15) is 21.1 Å². The molecule has 0 radical (unpaired) electrons. The number of halogens is 2. The lowest BCUT2D eigenvalue weighted by atomic mass is 10.1. The van der Waals surface area contributed by atoms with Crippen LogP contribution in [0.3, 0.4) is 0 Å². The van der Waals surface area contributed by atoms with Crippen LogP contribution < -0.4 is 5.73 Å². The second kappa shape index (κ2) is 4.91. The Balaban J connectivity index is 2.39. The highest BCUT2D eigenvalue weighted by atomic mass is 35.5. The zero-order chi connectivity index (χ0) is 12.4. The average Bonchev–Trinajstić information content (AvgIpc) is 2.80. The monoisotopic (exact) mass is 270 g/mol. The molecule has 2 rings (SSSR count). The Kier molecular flexibility index (Phi) is 3.51. The lowest BCUT2D eigenvalue weighted by molar-refractivity contribution is 0.103. The fraction of sp³-hybridized carbons (Fsp3) is 0.0909. The van der Waals surface area contributed by atoms with E-state index >= 15 is 0 Å². The Bertz CT molecular complexity index is 570. The van der Waals surface area contributed by atoms with Gasteiger partial charge in [-0.1, -0.05) is 11.6 Å². The first kappa shape index (κ1) is 12.2. The number of thiazole rings is 1. The summed E-state index contributed by atoms with van der Waals surface area (Å²) in [6.07, 6.45) is 0. The number of nitrogens with two attached hydrogens (primary N) is 1. The van der Waals surface area contributed by atoms with Crippen LogP contribution in [0.5, 0.6) is 0 Å². The average molecular weight is 271 g/mol. The van der Waals surface area contributed by atoms with Crippen molar-refractivity contribution in [3.63, 3.8) is 0 Å². The molecule has 0 aliphatic carbocycles. The number of carbonyl (C=O) groups is 1. The number of carbonyl (C=O) groups excluding carboxylic acids is 1. The van der Waals surface area contributed by atoms with Crippen molar-refractivity contribution in [1.82, 2.24) is 4.98 Å². The van der Waals surface area contributed by atoms with E-state index in [-0.39, 0.29) is 22.8 Å². The molecule has 0 bridgehead atoms. The van der Waals surface area contributed by atoms with Crippen molar-refractivity contribution >= 4 is 28.7 Å². The molecule has 0 amide bonds. The summed E-state index contributed by atoms with van der Waals surface area (Å²) in [5, 5.41) is 2.45. The third-order valence-corrected chi connectivity index (χ3v) is 3.33. The van der Waals surface area contributed by atoms with Crippen LogP contribution in [0.25, 0.3) is 0 Å². The first-order valence-corrected chi connectivity index (χ1v) is 6.02. The number of aromatic nitrogens is 1. The Morgan fingerprint density at radius 2 is 2.29 bits per heavy atom. The van der Waals surface area contributed by atoms with Gasteiger partial charge in [0.15, 0.2) is 0 Å². The summed E-state index contributed by atoms with van der Waals surface area (Å²) in [5.74, 6) is -0.905. The molecule has 0 fully saturated rings. The van der Waals surface area contributed by atoms with Crippen LogP contribution in [-0.2, 0) is 6.54 Å². The molecule has 6 heteroatoms. The van der Waals surface area contributed by atoms with Gasteiger partial charge in [-0.3, -0.25) is 4.79 Å². The predicted octanol–water partition coefficient (Wildman–Crippen LogP) is 2.63. The van der Waals surface area contributed by atoms with Crippen molar-refractivity contribution < 1.29 is 9.18 Å². The summed E-state index contributed by atoms with van der Waals surface area (Å²) in [7, 11) is 0. The quantitative estimate of drug-likeness (QED) is 0.873. The number of hydrogen-bond acceptors (Lipinski definition) is 4. The summed E-state index contributed by atoms with van der Waals surface area (Å²) >= 11 is 7.13. The molecule has 2 aromatic rings. The maximum Gasteiger partial charge on any atom is 0.213 e. The van der Waals surface area contributed by atoms with Crippen molar-refractivity contribution in [3.05, 3.63) is 50.7 Å². The van der Waals surface area contributed by atoms with E-state index in [0.717, 1.165) is 6.07 Å². The fourth-order valence-corrected chi connectivity index (χ4v) is 2.18. The van der Waals surface area contributed by atoms with Crippen molar-refractivity contribution in [3.8, 4) is 0 Å². The number of nitrogens with zero attached hydrogens (tertiary/aromatic N) is 1. The second-order valence-corrected chi connectivity index (χ2v) is 4.63. The molecule has 1 aromatic heterocycles. The smallest absolute Gasteiger partial charge is 0.213 e. The molecule has 0 atom stereocenters. The highest BCUT2D eigenvalue weighted by Gasteiger charge is 2.16. The SMILES string of the molecule is NCc1nc(C(=O)c2cc(F)ccc2Cl)cs1. The van der Waals surface area contributed by atoms with Crippen LogP contribution >= 0.6 is 22.9 Å². The topological polar surface area (TPSA) is 56.0 Å². The van der Waals surface area contributed by atoms with Crippen molar-refractivity contribution in [2.75, 3.05) is 0 Å². The summed E-state index contributed by atoms with van der Waals surface area (Å²) < 4.78 is 13.0. The van der Waals surface area contributed by atoms with Gasteiger partial charge in [0.25, 0.3) is 0 Å². The molecule has 3 nitrogen and oxygen atoms in total. The fourth-order valence-electron chi connectivity index (χ4n) is 1.32. The maximum atomic E-state index is 13.0. The molecular formula is C11H8ClFN2OS. The van der Waals surface area contributed by atoms with Crippen LogP contribution in [0.15, 0.2) is 23.6 Å². The lowest BCUT2D eigenvalue weighted by Crippen LogP contribution is -2.04. The van der Waals surface area contributed by atoms with Gasteiger partial charge in [-0.2, -0.15) is 0 Å². The summed E-state index contributed by atoms with van der Waals surface area (Å²) in [6.45, 7) is 0.273. The minimum Gasteiger partial charge on any atom is -0.325 e. The predicted molar refractivity (Wildman–Crippen MR) is 64.8 cm³/mol. The van der Waals surface area contributed by atoms with Gasteiger partial charge in [0, 0.05) is 17.5 Å². The van der Waals surface area contributed by atoms with Crippen LogP contribution in [0.4, 0.5) is 4.39 Å². The normalized spacial score (nSPS) is 10.5. The second-order valence-electron chi connectivity index (χ2n) is 3.28. The number of benzene rings is 1. The van der Waals surface area contributed by atoms with Gasteiger partial charge in [0.2, 0.25) is 5.78 Å². The molecule has 0 saturated carbocycles. The minimum absolute atomic E-state index is 0.112. The van der Waals surface area contributed by atoms with Gasteiger partial charge < -0.3 is 5.73 Å². The van der Waals surface area contributed by atoms with Gasteiger partial charge in [0.05, 0.1) is 5.02 Å². The van der Waals surface area contributed by atoms with Gasteiger partial charge >= 0.3 is 0 Å². The molecule has 0 saturated heterocycles. The van der Waals surface area contributed by atoms with E-state index in [1.165, 1.54) is 23.5 Å². The summed E-state index contributed by atoms with van der Waals surface area (Å²) in [4.78, 5) is 16.0. The van der Waals surface area contributed by atoms with E-state index in [0.29, 0.717) is 5.01 Å². The standard InChI is InChI=1S/C11H8ClFN2OS/c12-8-2-1-6(13)3-7(8)11(16)9-5-17-10(4-14)15-9/h1-3,5H,4,14H2. The largest absolute Gasteiger partial charge is 0.325 e. The van der Waals surface area contributed by atoms with E-state index < -0.39 is 11.6 Å². The molecule has 88 valence electrons. The zero-order valence-corrected chi connectivity index (χ0v) is 10.2. The molecule has 0 unspecified atom stereocenters. The molecule has 1 heterocycles. The first-order chi connectivity index (χ1) is 8.11. The van der Waals surface area contributed by atoms with E-state index in [4.69, 9.17) is 17.3 Å². The summed E-state index contributed by atoms with van der Waals surface area (Å²) in [5.41, 5.74) is 5.76. The number of rotatable bonds is 3. The lowest BCUT2D eigenvalue weighted by Gasteiger charge is -2.00. The molecule has 0 aliphatic heterocycles. The molecular weight excluding hydrogens is 263 g/mol. The van der Waals surface area contributed by atoms with Crippen LogP contribution in [0.2, 0.25) is 5.02 Å². The third-order valence-electron chi connectivity index (χ3n) is 2.13. The highest BCUT2D eigenvalue weighted by molar-refractivity contribution is 7.09. The van der Waals surface area contributed by atoms with Crippen molar-refractivity contribution in [2.24, 2.45) is 5.73 Å². The first-order valence-electron chi connectivity index (χ1n) is 4.76. The van der Waals surface area contributed by atoms with Crippen LogP contribution in [-0.4, -0.2) is 10.8 Å². The third kappa shape index (κ3) is 2.52. The van der Waals surface area contributed by atoms with Crippen molar-refractivity contribution in [1.29, 1.82) is 0 Å². The maximum absolute atomic E-state index is 13.0. The Labute approximate surface area is 106 Å². The minimum atomic E-state index is -0.507. The highest BCUT2D eigenvalue weighted by Crippen LogP contribution is 2.21. The number of ketones is 1. The van der Waals surface area contributed by atoms with Gasteiger partial charge in [-0.25, -0.2) is 9.37 Å². The van der Waals surface area contributed by atoms with Gasteiger partial charge in [-0.15, -0.1) is 11.3 Å². The van der Waals surface area contributed by atoms with Gasteiger partial charge in [-0.05, 0) is 18.2 Å². The molecule has 17 heavy (non-hydrogen) atoms. The molecule has 0 spiro atoms. The number of hydrogen-bond donors (Lipinski definition) is 1. The van der Waals surface area contributed by atoms with E-state index in [9.17, 15) is 9.18 Å². The zero-order valence-electron chi connectivity index (χ0n) is 8.61. The Hall–Kier alpha value is -1.30. The summed E-state index contributed by atoms with van der Waals surface area (Å²) in [6, 6.07) is 3.65. The van der Waals surface area contributed by atoms with Gasteiger partial charge in [0.1, 0.15) is 16.5 Å². The molecule has 2 N–H and O–H groups in total. The molecule has 0 aliphatic rings. The van der Waals surface area contributed by atoms with E-state index in [1.54, 1.807) is 5.38 Å². The Morgan fingerprint density at radius 3 is 2.94 bits per heavy atom. The van der Waals surface area contributed by atoms with E-state index in [2.05, 4.69) is 4.98 Å². The van der Waals surface area contributed by atoms with Crippen LogP contribution in [0, 0.1) is 5.82 Å². The van der Waals surface area contributed by atoms with E-state index in [1.807, 2.05) is 0 Å². The van der Waals surface area contributed by atoms with Crippen molar-refractivity contribution in [2.45, 2.75) is 6.54 Å². The Morgan fingerprint density at radius 1 is 1.53 bits per heavy atom. The molecule has 1 aromatic carbocycles.